The standard InChI is InChI=1S/C13H17N3O2/c1-2-16-8-15-6-10(16)12(17)13(7-14)5-9-3-4-11(13)18-9/h6,8-9,11-12,17H,2-5H2,1H3. The van der Waals surface area contributed by atoms with Gasteiger partial charge in [0.15, 0.2) is 0 Å². The number of imidazole rings is 1. The first-order valence-corrected chi connectivity index (χ1v) is 6.46. The molecule has 2 aliphatic rings. The Balaban J connectivity index is 1.96. The van der Waals surface area contributed by atoms with Crippen molar-refractivity contribution in [2.75, 3.05) is 0 Å². The molecule has 2 saturated heterocycles. The second kappa shape index (κ2) is 4.08. The van der Waals surface area contributed by atoms with E-state index < -0.39 is 11.5 Å². The van der Waals surface area contributed by atoms with Crippen LogP contribution in [0.4, 0.5) is 0 Å². The van der Waals surface area contributed by atoms with Gasteiger partial charge >= 0.3 is 0 Å². The van der Waals surface area contributed by atoms with Gasteiger partial charge in [-0.25, -0.2) is 4.98 Å². The van der Waals surface area contributed by atoms with Crippen LogP contribution in [0.1, 0.15) is 38.0 Å². The van der Waals surface area contributed by atoms with E-state index in [1.807, 2.05) is 11.5 Å². The Morgan fingerprint density at radius 3 is 3.11 bits per heavy atom. The van der Waals surface area contributed by atoms with Crippen molar-refractivity contribution in [3.63, 3.8) is 0 Å². The van der Waals surface area contributed by atoms with Gasteiger partial charge in [0, 0.05) is 6.54 Å². The molecule has 96 valence electrons. The highest BCUT2D eigenvalue weighted by Crippen LogP contribution is 2.53. The van der Waals surface area contributed by atoms with Crippen molar-refractivity contribution in [1.82, 2.24) is 9.55 Å². The number of aliphatic hydroxyl groups excluding tert-OH is 1. The molecule has 2 aliphatic heterocycles. The van der Waals surface area contributed by atoms with E-state index in [1.165, 1.54) is 0 Å². The van der Waals surface area contributed by atoms with Crippen LogP contribution >= 0.6 is 0 Å². The van der Waals surface area contributed by atoms with Gasteiger partial charge in [-0.2, -0.15) is 5.26 Å². The molecule has 0 amide bonds. The molecule has 5 nitrogen and oxygen atoms in total. The molecule has 0 radical (unpaired) electrons. The Morgan fingerprint density at radius 2 is 2.56 bits per heavy atom. The van der Waals surface area contributed by atoms with E-state index in [-0.39, 0.29) is 12.2 Å². The highest BCUT2D eigenvalue weighted by atomic mass is 16.5. The summed E-state index contributed by atoms with van der Waals surface area (Å²) in [6.07, 6.45) is 5.04. The molecular weight excluding hydrogens is 230 g/mol. The first-order chi connectivity index (χ1) is 8.71. The molecular formula is C13H17N3O2. The van der Waals surface area contributed by atoms with Gasteiger partial charge in [0.2, 0.25) is 0 Å². The minimum Gasteiger partial charge on any atom is -0.385 e. The van der Waals surface area contributed by atoms with E-state index in [0.29, 0.717) is 6.42 Å². The molecule has 5 heteroatoms. The third kappa shape index (κ3) is 1.43. The van der Waals surface area contributed by atoms with Gasteiger partial charge in [-0.15, -0.1) is 0 Å². The predicted molar refractivity (Wildman–Crippen MR) is 63.4 cm³/mol. The number of aliphatic hydroxyl groups is 1. The second-order valence-electron chi connectivity index (χ2n) is 5.19. The molecule has 18 heavy (non-hydrogen) atoms. The van der Waals surface area contributed by atoms with E-state index in [9.17, 15) is 10.4 Å². The third-order valence-electron chi connectivity index (χ3n) is 4.31. The highest BCUT2D eigenvalue weighted by molar-refractivity contribution is 5.21. The molecule has 1 aromatic heterocycles. The van der Waals surface area contributed by atoms with Crippen molar-refractivity contribution >= 4 is 0 Å². The maximum Gasteiger partial charge on any atom is 0.117 e. The van der Waals surface area contributed by atoms with Gasteiger partial charge < -0.3 is 14.4 Å². The maximum atomic E-state index is 10.6. The van der Waals surface area contributed by atoms with E-state index in [4.69, 9.17) is 4.74 Å². The Morgan fingerprint density at radius 1 is 1.72 bits per heavy atom. The summed E-state index contributed by atoms with van der Waals surface area (Å²) in [5, 5.41) is 20.2. The fourth-order valence-corrected chi connectivity index (χ4v) is 3.30. The molecule has 0 aromatic carbocycles. The van der Waals surface area contributed by atoms with E-state index >= 15 is 0 Å². The number of nitrogens with zero attached hydrogens (tertiary/aromatic N) is 3. The first kappa shape index (κ1) is 11.7. The smallest absolute Gasteiger partial charge is 0.117 e. The van der Waals surface area contributed by atoms with Crippen molar-refractivity contribution in [3.05, 3.63) is 18.2 Å². The molecule has 4 atom stereocenters. The van der Waals surface area contributed by atoms with Crippen LogP contribution in [0.15, 0.2) is 12.5 Å². The normalized spacial score (nSPS) is 35.6. The van der Waals surface area contributed by atoms with Crippen LogP contribution in [0.3, 0.4) is 0 Å². The minimum absolute atomic E-state index is 0.136. The zero-order valence-electron chi connectivity index (χ0n) is 10.4. The SMILES string of the molecule is CCn1cncc1C(O)C1(C#N)CC2CCC1O2. The molecule has 0 saturated carbocycles. The van der Waals surface area contributed by atoms with Crippen LogP contribution in [0.2, 0.25) is 0 Å². The molecule has 1 aromatic rings. The molecule has 0 spiro atoms. The van der Waals surface area contributed by atoms with Crippen LogP contribution in [0.5, 0.6) is 0 Å². The summed E-state index contributed by atoms with van der Waals surface area (Å²) in [5.74, 6) is 0. The average molecular weight is 247 g/mol. The maximum absolute atomic E-state index is 10.6. The van der Waals surface area contributed by atoms with Gasteiger partial charge in [-0.3, -0.25) is 0 Å². The quantitative estimate of drug-likeness (QED) is 0.876. The monoisotopic (exact) mass is 247 g/mol. The lowest BCUT2D eigenvalue weighted by Crippen LogP contribution is -2.38. The van der Waals surface area contributed by atoms with Crippen LogP contribution in [0.25, 0.3) is 0 Å². The second-order valence-corrected chi connectivity index (χ2v) is 5.19. The van der Waals surface area contributed by atoms with Crippen LogP contribution in [-0.2, 0) is 11.3 Å². The number of hydrogen-bond donors (Lipinski definition) is 1. The minimum atomic E-state index is -0.819. The summed E-state index contributed by atoms with van der Waals surface area (Å²) < 4.78 is 7.64. The van der Waals surface area contributed by atoms with Gasteiger partial charge in [0.05, 0.1) is 36.5 Å². The van der Waals surface area contributed by atoms with Gasteiger partial charge in [-0.05, 0) is 26.2 Å². The van der Waals surface area contributed by atoms with Crippen LogP contribution in [0, 0.1) is 16.7 Å². The van der Waals surface area contributed by atoms with E-state index in [2.05, 4.69) is 11.1 Å². The Hall–Kier alpha value is -1.38. The van der Waals surface area contributed by atoms with Crippen molar-refractivity contribution in [2.24, 2.45) is 5.41 Å². The predicted octanol–water partition coefficient (Wildman–Crippen LogP) is 1.40. The van der Waals surface area contributed by atoms with Gasteiger partial charge in [0.1, 0.15) is 11.5 Å². The molecule has 1 N–H and O–H groups in total. The number of fused-ring (bicyclic) bond motifs is 2. The molecule has 3 rings (SSSR count). The largest absolute Gasteiger partial charge is 0.385 e. The van der Waals surface area contributed by atoms with Crippen LogP contribution < -0.4 is 0 Å². The highest BCUT2D eigenvalue weighted by Gasteiger charge is 2.57. The Labute approximate surface area is 106 Å². The summed E-state index contributed by atoms with van der Waals surface area (Å²) >= 11 is 0. The zero-order chi connectivity index (χ0) is 12.8. The Bertz CT molecular complexity index is 493. The Kier molecular flexibility index (Phi) is 2.65. The number of aromatic nitrogens is 2. The summed E-state index contributed by atoms with van der Waals surface area (Å²) in [4.78, 5) is 4.07. The molecule has 2 fully saturated rings. The average Bonchev–Trinajstić information content (AvgIpc) is 3.11. The van der Waals surface area contributed by atoms with Gasteiger partial charge in [-0.1, -0.05) is 0 Å². The van der Waals surface area contributed by atoms with E-state index in [0.717, 1.165) is 25.1 Å². The third-order valence-corrected chi connectivity index (χ3v) is 4.31. The van der Waals surface area contributed by atoms with E-state index in [1.54, 1.807) is 12.5 Å². The van der Waals surface area contributed by atoms with Crippen molar-refractivity contribution in [3.8, 4) is 6.07 Å². The van der Waals surface area contributed by atoms with Crippen LogP contribution in [-0.4, -0.2) is 26.9 Å². The summed E-state index contributed by atoms with van der Waals surface area (Å²) in [6, 6.07) is 2.33. The topological polar surface area (TPSA) is 71.1 Å². The lowest BCUT2D eigenvalue weighted by atomic mass is 9.70. The summed E-state index contributed by atoms with van der Waals surface area (Å²) in [7, 11) is 0. The molecule has 3 heterocycles. The fraction of sp³-hybridized carbons (Fsp3) is 0.692. The molecule has 2 bridgehead atoms. The summed E-state index contributed by atoms with van der Waals surface area (Å²) in [6.45, 7) is 2.73. The number of aryl methyl sites for hydroxylation is 1. The van der Waals surface area contributed by atoms with Crippen molar-refractivity contribution in [1.29, 1.82) is 5.26 Å². The fourth-order valence-electron chi connectivity index (χ4n) is 3.30. The number of rotatable bonds is 3. The lowest BCUT2D eigenvalue weighted by molar-refractivity contribution is -0.000470. The van der Waals surface area contributed by atoms with Gasteiger partial charge in [0.25, 0.3) is 0 Å². The molecule has 0 aliphatic carbocycles. The zero-order valence-corrected chi connectivity index (χ0v) is 10.4. The number of nitriles is 1. The molecule has 4 unspecified atom stereocenters. The lowest BCUT2D eigenvalue weighted by Gasteiger charge is -2.33. The number of ether oxygens (including phenoxy) is 1. The van der Waals surface area contributed by atoms with Crippen molar-refractivity contribution in [2.45, 2.75) is 51.0 Å². The first-order valence-electron chi connectivity index (χ1n) is 6.46. The van der Waals surface area contributed by atoms with Crippen molar-refractivity contribution < 1.29 is 9.84 Å². The summed E-state index contributed by atoms with van der Waals surface area (Å²) in [5.41, 5.74) is -0.0780. The number of hydrogen-bond acceptors (Lipinski definition) is 4.